The van der Waals surface area contributed by atoms with Crippen molar-refractivity contribution in [2.75, 3.05) is 0 Å². The molecule has 0 spiro atoms. The molecule has 0 aliphatic heterocycles. The van der Waals surface area contributed by atoms with Gasteiger partial charge in [-0.15, -0.1) is 0 Å². The maximum absolute atomic E-state index is 10.2. The summed E-state index contributed by atoms with van der Waals surface area (Å²) < 4.78 is 0. The van der Waals surface area contributed by atoms with E-state index in [1.807, 2.05) is 19.1 Å². The number of phenolic OH excluding ortho intramolecular Hbond substituents is 2. The fraction of sp³-hybridized carbons (Fsp3) is 0.429. The molecule has 2 heteroatoms. The minimum atomic E-state index is -0.203. The Morgan fingerprint density at radius 1 is 0.783 bits per heavy atom. The number of aryl methyl sites for hydroxylation is 1. The van der Waals surface area contributed by atoms with Crippen molar-refractivity contribution >= 4 is 0 Å². The lowest BCUT2D eigenvalue weighted by Gasteiger charge is -2.29. The zero-order valence-electron chi connectivity index (χ0n) is 15.1. The minimum Gasteiger partial charge on any atom is -0.508 e. The first-order chi connectivity index (χ1) is 10.6. The van der Waals surface area contributed by atoms with Crippen LogP contribution in [0.15, 0.2) is 36.4 Å². The van der Waals surface area contributed by atoms with Crippen LogP contribution in [0, 0.1) is 0 Å². The van der Waals surface area contributed by atoms with Gasteiger partial charge in [-0.3, -0.25) is 0 Å². The van der Waals surface area contributed by atoms with Gasteiger partial charge in [0.1, 0.15) is 11.5 Å². The normalized spacial score (nSPS) is 12.4. The fourth-order valence-electron chi connectivity index (χ4n) is 2.95. The van der Waals surface area contributed by atoms with E-state index in [4.69, 9.17) is 0 Å². The van der Waals surface area contributed by atoms with E-state index in [1.165, 1.54) is 0 Å². The Morgan fingerprint density at radius 2 is 1.30 bits per heavy atom. The van der Waals surface area contributed by atoms with Crippen LogP contribution in [0.4, 0.5) is 0 Å². The number of phenols is 2. The van der Waals surface area contributed by atoms with Gasteiger partial charge < -0.3 is 10.2 Å². The third kappa shape index (κ3) is 3.36. The standard InChI is InChI=1S/C21H28O2/c1-7-14-12-15(8-10-18(14)22)21(5,6)16-9-11-19(23)17(13-16)20(2,3)4/h8-13,22-23H,7H2,1-6H3. The molecular weight excluding hydrogens is 284 g/mol. The second-order valence-corrected chi connectivity index (χ2v) is 7.80. The highest BCUT2D eigenvalue weighted by atomic mass is 16.3. The molecule has 0 amide bonds. The molecule has 0 aromatic heterocycles. The summed E-state index contributed by atoms with van der Waals surface area (Å²) in [5.74, 6) is 0.699. The smallest absolute Gasteiger partial charge is 0.119 e. The minimum absolute atomic E-state index is 0.111. The Labute approximate surface area is 139 Å². The van der Waals surface area contributed by atoms with Crippen molar-refractivity contribution in [1.29, 1.82) is 0 Å². The highest BCUT2D eigenvalue weighted by molar-refractivity contribution is 5.48. The summed E-state index contributed by atoms with van der Waals surface area (Å²) >= 11 is 0. The van der Waals surface area contributed by atoms with Crippen LogP contribution in [0.25, 0.3) is 0 Å². The van der Waals surface area contributed by atoms with Gasteiger partial charge in [-0.25, -0.2) is 0 Å². The number of hydrogen-bond donors (Lipinski definition) is 2. The third-order valence-corrected chi connectivity index (χ3v) is 4.71. The third-order valence-electron chi connectivity index (χ3n) is 4.71. The quantitative estimate of drug-likeness (QED) is 0.809. The second kappa shape index (κ2) is 5.92. The number of benzene rings is 2. The predicted molar refractivity (Wildman–Crippen MR) is 96.4 cm³/mol. The molecule has 0 saturated carbocycles. The van der Waals surface area contributed by atoms with Gasteiger partial charge in [-0.05, 0) is 46.2 Å². The van der Waals surface area contributed by atoms with E-state index >= 15 is 0 Å². The van der Waals surface area contributed by atoms with E-state index in [0.29, 0.717) is 11.5 Å². The molecular formula is C21H28O2. The van der Waals surface area contributed by atoms with Crippen LogP contribution < -0.4 is 0 Å². The van der Waals surface area contributed by atoms with E-state index in [9.17, 15) is 10.2 Å². The molecule has 2 rings (SSSR count). The summed E-state index contributed by atoms with van der Waals surface area (Å²) in [5.41, 5.74) is 3.93. The topological polar surface area (TPSA) is 40.5 Å². The van der Waals surface area contributed by atoms with Crippen LogP contribution in [0.3, 0.4) is 0 Å². The van der Waals surface area contributed by atoms with Crippen LogP contribution in [-0.4, -0.2) is 10.2 Å². The van der Waals surface area contributed by atoms with Crippen LogP contribution in [0.2, 0.25) is 0 Å². The first kappa shape index (κ1) is 17.4. The van der Waals surface area contributed by atoms with Gasteiger partial charge in [-0.2, -0.15) is 0 Å². The number of aromatic hydroxyl groups is 2. The molecule has 23 heavy (non-hydrogen) atoms. The summed E-state index contributed by atoms with van der Waals surface area (Å²) in [7, 11) is 0. The van der Waals surface area contributed by atoms with Crippen molar-refractivity contribution in [3.05, 3.63) is 58.7 Å². The summed E-state index contributed by atoms with van der Waals surface area (Å²) in [5, 5.41) is 20.1. The zero-order chi connectivity index (χ0) is 17.4. The Morgan fingerprint density at radius 3 is 1.83 bits per heavy atom. The van der Waals surface area contributed by atoms with Crippen molar-refractivity contribution in [2.45, 2.75) is 58.8 Å². The van der Waals surface area contributed by atoms with Crippen molar-refractivity contribution in [3.8, 4) is 11.5 Å². The van der Waals surface area contributed by atoms with E-state index in [1.54, 1.807) is 12.1 Å². The van der Waals surface area contributed by atoms with Crippen LogP contribution in [-0.2, 0) is 17.3 Å². The van der Waals surface area contributed by atoms with Gasteiger partial charge in [0, 0.05) is 5.41 Å². The molecule has 0 aliphatic rings. The first-order valence-electron chi connectivity index (χ1n) is 8.23. The summed E-state index contributed by atoms with van der Waals surface area (Å²) in [6.45, 7) is 12.7. The molecule has 124 valence electrons. The molecule has 0 unspecified atom stereocenters. The van der Waals surface area contributed by atoms with Gasteiger partial charge in [-0.1, -0.05) is 65.8 Å². The molecule has 0 heterocycles. The molecule has 0 atom stereocenters. The second-order valence-electron chi connectivity index (χ2n) is 7.80. The lowest BCUT2D eigenvalue weighted by Crippen LogP contribution is -2.21. The van der Waals surface area contributed by atoms with Gasteiger partial charge in [0.2, 0.25) is 0 Å². The SMILES string of the molecule is CCc1cc(C(C)(C)c2ccc(O)c(C(C)(C)C)c2)ccc1O. The molecule has 2 aromatic rings. The highest BCUT2D eigenvalue weighted by Crippen LogP contribution is 2.38. The van der Waals surface area contributed by atoms with Crippen molar-refractivity contribution in [3.63, 3.8) is 0 Å². The Hall–Kier alpha value is -1.96. The maximum atomic E-state index is 10.2. The molecule has 2 aromatic carbocycles. The molecule has 2 N–H and O–H groups in total. The Bertz CT molecular complexity index is 706. The fourth-order valence-corrected chi connectivity index (χ4v) is 2.95. The van der Waals surface area contributed by atoms with Gasteiger partial charge in [0.05, 0.1) is 0 Å². The van der Waals surface area contributed by atoms with Gasteiger partial charge >= 0.3 is 0 Å². The van der Waals surface area contributed by atoms with Gasteiger partial charge in [0.15, 0.2) is 0 Å². The lowest BCUT2D eigenvalue weighted by atomic mass is 9.75. The number of hydrogen-bond acceptors (Lipinski definition) is 2. The largest absolute Gasteiger partial charge is 0.508 e. The molecule has 0 aliphatic carbocycles. The van der Waals surface area contributed by atoms with Gasteiger partial charge in [0.25, 0.3) is 0 Å². The van der Waals surface area contributed by atoms with Crippen molar-refractivity contribution in [1.82, 2.24) is 0 Å². The van der Waals surface area contributed by atoms with Crippen molar-refractivity contribution in [2.24, 2.45) is 0 Å². The Kier molecular flexibility index (Phi) is 4.48. The van der Waals surface area contributed by atoms with Crippen molar-refractivity contribution < 1.29 is 10.2 Å². The molecule has 2 nitrogen and oxygen atoms in total. The molecule has 0 fully saturated rings. The van der Waals surface area contributed by atoms with E-state index in [-0.39, 0.29) is 10.8 Å². The molecule has 0 saturated heterocycles. The summed E-state index contributed by atoms with van der Waals surface area (Å²) in [6, 6.07) is 11.7. The predicted octanol–water partition coefficient (Wildman–Crippen LogP) is 5.28. The zero-order valence-corrected chi connectivity index (χ0v) is 15.1. The van der Waals surface area contributed by atoms with Crippen LogP contribution in [0.5, 0.6) is 11.5 Å². The number of rotatable bonds is 3. The van der Waals surface area contributed by atoms with Crippen LogP contribution >= 0.6 is 0 Å². The summed E-state index contributed by atoms with van der Waals surface area (Å²) in [4.78, 5) is 0. The Balaban J connectivity index is 2.56. The van der Waals surface area contributed by atoms with E-state index in [0.717, 1.165) is 28.7 Å². The maximum Gasteiger partial charge on any atom is 0.119 e. The first-order valence-corrected chi connectivity index (χ1v) is 8.23. The van der Waals surface area contributed by atoms with Crippen LogP contribution in [0.1, 0.15) is 63.8 Å². The molecule has 0 bridgehead atoms. The van der Waals surface area contributed by atoms with E-state index < -0.39 is 0 Å². The summed E-state index contributed by atoms with van der Waals surface area (Å²) in [6.07, 6.45) is 0.804. The van der Waals surface area contributed by atoms with E-state index in [2.05, 4.69) is 46.8 Å². The average Bonchev–Trinajstić information content (AvgIpc) is 2.46. The highest BCUT2D eigenvalue weighted by Gasteiger charge is 2.27. The molecule has 0 radical (unpaired) electrons. The lowest BCUT2D eigenvalue weighted by molar-refractivity contribution is 0.445. The monoisotopic (exact) mass is 312 g/mol. The average molecular weight is 312 g/mol.